The Labute approximate surface area is 258 Å². The number of nitrogens with two attached hydrogens (primary N) is 1. The lowest BCUT2D eigenvalue weighted by molar-refractivity contribution is -0.118. The van der Waals surface area contributed by atoms with E-state index in [0.717, 1.165) is 39.0 Å². The molecule has 1 aliphatic heterocycles. The van der Waals surface area contributed by atoms with E-state index in [-0.39, 0.29) is 11.2 Å². The zero-order valence-corrected chi connectivity index (χ0v) is 26.3. The number of benzene rings is 4. The van der Waals surface area contributed by atoms with Crippen LogP contribution in [0.4, 0.5) is 5.69 Å². The number of nitrogens with zero attached hydrogens (tertiary/aromatic N) is 2. The summed E-state index contributed by atoms with van der Waals surface area (Å²) < 4.78 is 0. The van der Waals surface area contributed by atoms with E-state index in [4.69, 9.17) is 5.73 Å². The van der Waals surface area contributed by atoms with Crippen molar-refractivity contribution in [3.8, 4) is 6.07 Å². The van der Waals surface area contributed by atoms with Crippen molar-refractivity contribution in [1.82, 2.24) is 0 Å². The first-order chi connectivity index (χ1) is 20.6. The van der Waals surface area contributed by atoms with Crippen LogP contribution in [0.2, 0.25) is 0 Å². The number of hydrogen-bond acceptors (Lipinski definition) is 5. The molecule has 4 nitrogen and oxygen atoms in total. The first kappa shape index (κ1) is 28.8. The first-order valence-corrected chi connectivity index (χ1v) is 15.8. The number of fused-ring (bicyclic) bond motifs is 1. The van der Waals surface area contributed by atoms with E-state index in [1.807, 2.05) is 29.2 Å². The van der Waals surface area contributed by atoms with Gasteiger partial charge in [-0.15, -0.1) is 11.8 Å². The molecule has 0 saturated heterocycles. The molecule has 0 aromatic heterocycles. The van der Waals surface area contributed by atoms with Crippen LogP contribution in [-0.2, 0) is 10.5 Å². The Hall–Kier alpha value is -4.27. The molecule has 0 amide bonds. The second-order valence-corrected chi connectivity index (χ2v) is 13.8. The van der Waals surface area contributed by atoms with Crippen molar-refractivity contribution in [1.29, 1.82) is 5.26 Å². The van der Waals surface area contributed by atoms with Crippen LogP contribution in [0.3, 0.4) is 0 Å². The molecular weight excluding hydrogens is 547 g/mol. The molecule has 0 saturated carbocycles. The monoisotopic (exact) mass is 583 g/mol. The summed E-state index contributed by atoms with van der Waals surface area (Å²) in [6.07, 6.45) is 1.12. The molecule has 6 rings (SSSR count). The van der Waals surface area contributed by atoms with Crippen LogP contribution < -0.4 is 10.6 Å². The van der Waals surface area contributed by atoms with E-state index >= 15 is 0 Å². The van der Waals surface area contributed by atoms with Gasteiger partial charge < -0.3 is 5.73 Å². The average molecular weight is 584 g/mol. The Morgan fingerprint density at radius 2 is 1.67 bits per heavy atom. The van der Waals surface area contributed by atoms with E-state index in [9.17, 15) is 10.1 Å². The SMILES string of the molecule is Cc1ccc(SCc2cc(C3C(C#N)=C(N)N(c4cccc5ccccc45)C4=C3C(=O)CC(C)(C)C4)c(C)cc2C)cc1. The molecule has 4 aromatic carbocycles. The van der Waals surface area contributed by atoms with Gasteiger partial charge in [0.05, 0.1) is 23.2 Å². The number of anilines is 1. The third-order valence-corrected chi connectivity index (χ3v) is 9.90. The smallest absolute Gasteiger partial charge is 0.162 e. The van der Waals surface area contributed by atoms with Gasteiger partial charge in [-0.2, -0.15) is 5.26 Å². The Morgan fingerprint density at radius 1 is 0.953 bits per heavy atom. The van der Waals surface area contributed by atoms with E-state index in [1.165, 1.54) is 21.6 Å². The highest BCUT2D eigenvalue weighted by Crippen LogP contribution is 2.51. The van der Waals surface area contributed by atoms with E-state index < -0.39 is 5.92 Å². The minimum Gasteiger partial charge on any atom is -0.384 e. The second kappa shape index (κ2) is 11.1. The molecule has 0 fully saturated rings. The highest BCUT2D eigenvalue weighted by atomic mass is 32.2. The average Bonchev–Trinajstić information content (AvgIpc) is 2.96. The topological polar surface area (TPSA) is 70.1 Å². The maximum atomic E-state index is 14.2. The maximum Gasteiger partial charge on any atom is 0.162 e. The third kappa shape index (κ3) is 5.26. The van der Waals surface area contributed by atoms with Gasteiger partial charge in [-0.1, -0.05) is 80.1 Å². The van der Waals surface area contributed by atoms with Crippen molar-refractivity contribution in [2.24, 2.45) is 11.1 Å². The standard InChI is InChI=1S/C38H37N3OS/c1-23-13-15-28(16-14-23)43-22-27-18-30(25(3)17-24(27)2)35-31(21-39)37(40)41(33-19-38(4,5)20-34(42)36(33)35)32-12-8-10-26-9-6-7-11-29(26)32/h6-18,35H,19-20,22,40H2,1-5H3. The molecule has 0 radical (unpaired) electrons. The Balaban J connectivity index is 1.53. The number of aryl methyl sites for hydroxylation is 3. The molecule has 43 heavy (non-hydrogen) atoms. The van der Waals surface area contributed by atoms with Crippen molar-refractivity contribution < 1.29 is 4.79 Å². The second-order valence-electron chi connectivity index (χ2n) is 12.7. The predicted molar refractivity (Wildman–Crippen MR) is 178 cm³/mol. The Morgan fingerprint density at radius 3 is 2.42 bits per heavy atom. The van der Waals surface area contributed by atoms with Crippen LogP contribution in [0.1, 0.15) is 60.4 Å². The minimum atomic E-state index is -0.501. The van der Waals surface area contributed by atoms with Crippen molar-refractivity contribution >= 4 is 34.0 Å². The third-order valence-electron chi connectivity index (χ3n) is 8.84. The molecule has 2 N–H and O–H groups in total. The molecule has 4 aromatic rings. The lowest BCUT2D eigenvalue weighted by Gasteiger charge is -2.44. The highest BCUT2D eigenvalue weighted by Gasteiger charge is 2.45. The zero-order valence-electron chi connectivity index (χ0n) is 25.5. The number of ketones is 1. The van der Waals surface area contributed by atoms with E-state index in [0.29, 0.717) is 29.8 Å². The van der Waals surface area contributed by atoms with Crippen LogP contribution in [0.15, 0.2) is 106 Å². The fourth-order valence-corrected chi connectivity index (χ4v) is 7.64. The van der Waals surface area contributed by atoms with Gasteiger partial charge in [0, 0.05) is 33.7 Å². The fourth-order valence-electron chi connectivity index (χ4n) is 6.68. The van der Waals surface area contributed by atoms with Gasteiger partial charge >= 0.3 is 0 Å². The van der Waals surface area contributed by atoms with Crippen LogP contribution in [0.5, 0.6) is 0 Å². The summed E-state index contributed by atoms with van der Waals surface area (Å²) in [5.41, 5.74) is 15.4. The number of Topliss-reactive ketones (excluding diaryl/α,β-unsaturated/α-hetero) is 1. The van der Waals surface area contributed by atoms with Gasteiger partial charge in [0.25, 0.3) is 0 Å². The molecule has 2 aliphatic rings. The van der Waals surface area contributed by atoms with Crippen molar-refractivity contribution in [3.05, 3.63) is 129 Å². The lowest BCUT2D eigenvalue weighted by atomic mass is 9.68. The fraction of sp³-hybridized carbons (Fsp3) is 0.263. The van der Waals surface area contributed by atoms with Crippen LogP contribution in [0.25, 0.3) is 10.8 Å². The molecule has 5 heteroatoms. The number of hydrogen-bond donors (Lipinski definition) is 1. The number of thioether (sulfide) groups is 1. The number of allylic oxidation sites excluding steroid dienone is 3. The number of carbonyl (C=O) groups is 1. The molecule has 0 spiro atoms. The molecule has 216 valence electrons. The minimum absolute atomic E-state index is 0.0947. The van der Waals surface area contributed by atoms with Crippen LogP contribution in [-0.4, -0.2) is 5.78 Å². The van der Waals surface area contributed by atoms with Gasteiger partial charge in [-0.05, 0) is 78.4 Å². The van der Waals surface area contributed by atoms with Gasteiger partial charge in [0.2, 0.25) is 0 Å². The summed E-state index contributed by atoms with van der Waals surface area (Å²) in [7, 11) is 0. The van der Waals surface area contributed by atoms with Gasteiger partial charge in [-0.25, -0.2) is 0 Å². The zero-order chi connectivity index (χ0) is 30.5. The van der Waals surface area contributed by atoms with Gasteiger partial charge in [-0.3, -0.25) is 9.69 Å². The van der Waals surface area contributed by atoms with Crippen LogP contribution >= 0.6 is 11.8 Å². The molecule has 1 unspecified atom stereocenters. The van der Waals surface area contributed by atoms with Crippen LogP contribution in [0, 0.1) is 37.5 Å². The number of rotatable bonds is 5. The quantitative estimate of drug-likeness (QED) is 0.237. The first-order valence-electron chi connectivity index (χ1n) is 14.8. The summed E-state index contributed by atoms with van der Waals surface area (Å²) in [5.74, 6) is 0.796. The molecule has 1 aliphatic carbocycles. The van der Waals surface area contributed by atoms with E-state index in [2.05, 4.69) is 95.3 Å². The molecular formula is C38H37N3OS. The van der Waals surface area contributed by atoms with Crippen molar-refractivity contribution in [2.45, 2.75) is 64.0 Å². The maximum absolute atomic E-state index is 14.2. The van der Waals surface area contributed by atoms with Gasteiger partial charge in [0.15, 0.2) is 5.78 Å². The van der Waals surface area contributed by atoms with Gasteiger partial charge in [0.1, 0.15) is 5.82 Å². The molecule has 1 heterocycles. The summed E-state index contributed by atoms with van der Waals surface area (Å²) in [4.78, 5) is 17.4. The number of nitriles is 1. The Kier molecular flexibility index (Phi) is 7.44. The van der Waals surface area contributed by atoms with Crippen molar-refractivity contribution in [3.63, 3.8) is 0 Å². The summed E-state index contributed by atoms with van der Waals surface area (Å²) in [6.45, 7) is 10.6. The summed E-state index contributed by atoms with van der Waals surface area (Å²) in [5, 5.41) is 12.8. The highest BCUT2D eigenvalue weighted by molar-refractivity contribution is 7.98. The summed E-state index contributed by atoms with van der Waals surface area (Å²) >= 11 is 1.80. The largest absolute Gasteiger partial charge is 0.384 e. The predicted octanol–water partition coefficient (Wildman–Crippen LogP) is 9.00. The Bertz CT molecular complexity index is 1870. The lowest BCUT2D eigenvalue weighted by Crippen LogP contribution is -2.42. The normalized spacial score (nSPS) is 18.2. The number of carbonyl (C=O) groups excluding carboxylic acids is 1. The van der Waals surface area contributed by atoms with E-state index in [1.54, 1.807) is 11.8 Å². The molecule has 0 bridgehead atoms. The summed E-state index contributed by atoms with van der Waals surface area (Å²) in [6, 6.07) is 29.8. The van der Waals surface area contributed by atoms with Crippen molar-refractivity contribution in [2.75, 3.05) is 4.90 Å². The molecule has 1 atom stereocenters.